The first-order valence-electron chi connectivity index (χ1n) is 7.87. The zero-order valence-electron chi connectivity index (χ0n) is 14.0. The number of hydrogen-bond donors (Lipinski definition) is 2. The van der Waals surface area contributed by atoms with Gasteiger partial charge in [0.25, 0.3) is 0 Å². The van der Waals surface area contributed by atoms with E-state index < -0.39 is 23.3 Å². The van der Waals surface area contributed by atoms with Crippen LogP contribution in [-0.4, -0.2) is 30.7 Å². The van der Waals surface area contributed by atoms with Crippen molar-refractivity contribution in [2.45, 2.75) is 38.7 Å². The molecule has 1 saturated carbocycles. The minimum absolute atomic E-state index is 0.227. The zero-order valence-corrected chi connectivity index (χ0v) is 14.0. The minimum atomic E-state index is -0.580. The second-order valence-corrected chi connectivity index (χ2v) is 6.83. The van der Waals surface area contributed by atoms with Crippen LogP contribution < -0.4 is 10.6 Å². The number of hydrogen-bond acceptors (Lipinski definition) is 3. The van der Waals surface area contributed by atoms with Crippen LogP contribution in [0.3, 0.4) is 0 Å². The van der Waals surface area contributed by atoms with E-state index in [1.165, 1.54) is 0 Å². The van der Waals surface area contributed by atoms with Crippen molar-refractivity contribution in [1.29, 1.82) is 0 Å². The molecule has 5 nitrogen and oxygen atoms in total. The molecule has 0 spiro atoms. The molecule has 0 heterocycles. The van der Waals surface area contributed by atoms with Crippen molar-refractivity contribution in [3.05, 3.63) is 35.4 Å². The van der Waals surface area contributed by atoms with Crippen molar-refractivity contribution in [2.24, 2.45) is 5.92 Å². The lowest BCUT2D eigenvalue weighted by Gasteiger charge is -2.19. The van der Waals surface area contributed by atoms with E-state index in [1.807, 2.05) is 0 Å². The van der Waals surface area contributed by atoms with Crippen LogP contribution in [0.2, 0.25) is 0 Å². The van der Waals surface area contributed by atoms with Crippen molar-refractivity contribution < 1.29 is 23.1 Å². The number of carbonyl (C=O) groups excluding carboxylic acids is 2. The summed E-state index contributed by atoms with van der Waals surface area (Å²) < 4.78 is 31.9. The third-order valence-electron chi connectivity index (χ3n) is 3.58. The van der Waals surface area contributed by atoms with Gasteiger partial charge in [-0.1, -0.05) is 0 Å². The van der Waals surface area contributed by atoms with Crippen LogP contribution in [-0.2, 0) is 9.53 Å². The average Bonchev–Trinajstić information content (AvgIpc) is 3.24. The van der Waals surface area contributed by atoms with Gasteiger partial charge in [-0.25, -0.2) is 13.6 Å². The van der Waals surface area contributed by atoms with Crippen molar-refractivity contribution in [3.8, 4) is 0 Å². The summed E-state index contributed by atoms with van der Waals surface area (Å²) in [5.74, 6) is -1.89. The number of benzene rings is 1. The molecular formula is C17H22F2N2O3. The normalized spacial score (nSPS) is 19.5. The molecule has 1 fully saturated rings. The number of rotatable bonds is 5. The maximum Gasteiger partial charge on any atom is 0.407 e. The summed E-state index contributed by atoms with van der Waals surface area (Å²) in [6.45, 7) is 5.74. The monoisotopic (exact) mass is 340 g/mol. The van der Waals surface area contributed by atoms with E-state index in [9.17, 15) is 18.4 Å². The molecule has 7 heteroatoms. The van der Waals surface area contributed by atoms with Gasteiger partial charge in [0.05, 0.1) is 0 Å². The number of nitrogens with one attached hydrogen (secondary N) is 2. The number of amides is 2. The van der Waals surface area contributed by atoms with Crippen molar-refractivity contribution in [1.82, 2.24) is 10.6 Å². The average molecular weight is 340 g/mol. The second-order valence-electron chi connectivity index (χ2n) is 6.83. The summed E-state index contributed by atoms with van der Waals surface area (Å²) in [5, 5.41) is 5.20. The molecule has 1 aliphatic rings. The number of alkyl carbamates (subject to hydrolysis) is 1. The van der Waals surface area contributed by atoms with Crippen LogP contribution in [0.4, 0.5) is 13.6 Å². The number of carbonyl (C=O) groups is 2. The van der Waals surface area contributed by atoms with Crippen LogP contribution in [0.25, 0.3) is 0 Å². The van der Waals surface area contributed by atoms with Gasteiger partial charge in [-0.3, -0.25) is 4.79 Å². The Kier molecular flexibility index (Phi) is 5.41. The van der Waals surface area contributed by atoms with Gasteiger partial charge in [0, 0.05) is 19.0 Å². The highest BCUT2D eigenvalue weighted by Gasteiger charge is 2.45. The summed E-state index contributed by atoms with van der Waals surface area (Å²) in [6.07, 6.45) is -0.0611. The molecule has 0 aromatic heterocycles. The van der Waals surface area contributed by atoms with Crippen LogP contribution in [0.15, 0.2) is 18.2 Å². The fourth-order valence-corrected chi connectivity index (χ4v) is 2.42. The predicted molar refractivity (Wildman–Crippen MR) is 84.5 cm³/mol. The highest BCUT2D eigenvalue weighted by atomic mass is 19.1. The summed E-state index contributed by atoms with van der Waals surface area (Å²) in [4.78, 5) is 23.4. The van der Waals surface area contributed by atoms with Crippen LogP contribution in [0.5, 0.6) is 0 Å². The lowest BCUT2D eigenvalue weighted by atomic mass is 10.1. The Labute approximate surface area is 139 Å². The molecule has 24 heavy (non-hydrogen) atoms. The highest BCUT2D eigenvalue weighted by molar-refractivity contribution is 5.83. The molecular weight excluding hydrogens is 318 g/mol. The van der Waals surface area contributed by atoms with Crippen LogP contribution >= 0.6 is 0 Å². The van der Waals surface area contributed by atoms with E-state index in [-0.39, 0.29) is 36.4 Å². The quantitative estimate of drug-likeness (QED) is 0.810. The molecule has 2 N–H and O–H groups in total. The Balaban J connectivity index is 1.71. The molecule has 0 bridgehead atoms. The third kappa shape index (κ3) is 5.18. The zero-order chi connectivity index (χ0) is 17.9. The van der Waals surface area contributed by atoms with Gasteiger partial charge < -0.3 is 15.4 Å². The van der Waals surface area contributed by atoms with Gasteiger partial charge in [-0.05, 0) is 56.9 Å². The van der Waals surface area contributed by atoms with Gasteiger partial charge >= 0.3 is 6.09 Å². The Hall–Kier alpha value is -2.18. The van der Waals surface area contributed by atoms with Gasteiger partial charge in [-0.15, -0.1) is 0 Å². The van der Waals surface area contributed by atoms with Crippen LogP contribution in [0, 0.1) is 17.6 Å². The molecule has 0 saturated heterocycles. The Morgan fingerprint density at radius 1 is 1.21 bits per heavy atom. The fraction of sp³-hybridized carbons (Fsp3) is 0.529. The third-order valence-corrected chi connectivity index (χ3v) is 3.58. The fourth-order valence-electron chi connectivity index (χ4n) is 2.42. The Morgan fingerprint density at radius 2 is 1.88 bits per heavy atom. The van der Waals surface area contributed by atoms with Gasteiger partial charge in [0.15, 0.2) is 0 Å². The van der Waals surface area contributed by atoms with Crippen molar-refractivity contribution >= 4 is 12.0 Å². The largest absolute Gasteiger partial charge is 0.444 e. The molecule has 1 aliphatic carbocycles. The van der Waals surface area contributed by atoms with E-state index in [0.29, 0.717) is 6.42 Å². The smallest absolute Gasteiger partial charge is 0.407 e. The minimum Gasteiger partial charge on any atom is -0.444 e. The van der Waals surface area contributed by atoms with Crippen molar-refractivity contribution in [2.75, 3.05) is 13.1 Å². The van der Waals surface area contributed by atoms with E-state index in [2.05, 4.69) is 10.6 Å². The lowest BCUT2D eigenvalue weighted by Crippen LogP contribution is -2.38. The maximum atomic E-state index is 13.7. The van der Waals surface area contributed by atoms with Crippen molar-refractivity contribution in [3.63, 3.8) is 0 Å². The summed E-state index contributed by atoms with van der Waals surface area (Å²) >= 11 is 0. The Morgan fingerprint density at radius 3 is 2.54 bits per heavy atom. The molecule has 0 unspecified atom stereocenters. The molecule has 2 rings (SSSR count). The first-order chi connectivity index (χ1) is 11.2. The van der Waals surface area contributed by atoms with Crippen LogP contribution in [0.1, 0.15) is 38.7 Å². The van der Waals surface area contributed by atoms with E-state index in [1.54, 1.807) is 20.8 Å². The summed E-state index contributed by atoms with van der Waals surface area (Å²) in [5.41, 5.74) is -0.342. The molecule has 0 aliphatic heterocycles. The topological polar surface area (TPSA) is 67.4 Å². The molecule has 0 radical (unpaired) electrons. The molecule has 1 aromatic carbocycles. The first-order valence-corrected chi connectivity index (χ1v) is 7.87. The SMILES string of the molecule is CC(C)(C)OC(=O)NCCNC(=O)[C@H]1C[C@@H]1c1cc(F)ccc1F. The van der Waals surface area contributed by atoms with E-state index in [0.717, 1.165) is 18.2 Å². The molecule has 2 amide bonds. The highest BCUT2D eigenvalue weighted by Crippen LogP contribution is 2.48. The molecule has 132 valence electrons. The standard InChI is InChI=1S/C17H22F2N2O3/c1-17(2,3)24-16(23)21-7-6-20-15(22)13-9-11(13)12-8-10(18)4-5-14(12)19/h4-5,8,11,13H,6-7,9H2,1-3H3,(H,20,22)(H,21,23)/t11-,13+/m1/s1. The molecule has 2 atom stereocenters. The summed E-state index contributed by atoms with van der Waals surface area (Å²) in [6, 6.07) is 3.26. The Bertz CT molecular complexity index is 629. The van der Waals surface area contributed by atoms with Gasteiger partial charge in [0.1, 0.15) is 17.2 Å². The molecule has 1 aromatic rings. The predicted octanol–water partition coefficient (Wildman–Crippen LogP) is 2.71. The number of ether oxygens (including phenoxy) is 1. The van der Waals surface area contributed by atoms with E-state index in [4.69, 9.17) is 4.74 Å². The maximum absolute atomic E-state index is 13.7. The first kappa shape index (κ1) is 18.2. The lowest BCUT2D eigenvalue weighted by molar-refractivity contribution is -0.122. The van der Waals surface area contributed by atoms with Gasteiger partial charge in [0.2, 0.25) is 5.91 Å². The van der Waals surface area contributed by atoms with E-state index >= 15 is 0 Å². The number of halogens is 2. The summed E-state index contributed by atoms with van der Waals surface area (Å²) in [7, 11) is 0. The van der Waals surface area contributed by atoms with Gasteiger partial charge in [-0.2, -0.15) is 0 Å². The second kappa shape index (κ2) is 7.15.